The molecule has 0 radical (unpaired) electrons. The van der Waals surface area contributed by atoms with Gasteiger partial charge in [-0.2, -0.15) is 0 Å². The van der Waals surface area contributed by atoms with E-state index in [4.69, 9.17) is 25.8 Å². The number of fused-ring (bicyclic) bond motifs is 2. The van der Waals surface area contributed by atoms with Gasteiger partial charge in [0, 0.05) is 23.1 Å². The number of benzene rings is 2. The molecule has 2 aliphatic rings. The smallest absolute Gasteiger partial charge is 0.265 e. The Bertz CT molecular complexity index is 895. The SMILES string of the molecule is CC(=O)c1cc2c(cc1NC(=O)C1Cc3cc(Cl)ccc3O1)OCO2. The number of anilines is 1. The lowest BCUT2D eigenvalue weighted by Gasteiger charge is -2.14. The zero-order chi connectivity index (χ0) is 17.6. The average Bonchev–Trinajstić information content (AvgIpc) is 3.19. The first-order chi connectivity index (χ1) is 12.0. The molecule has 1 amide bonds. The number of Topliss-reactive ketones (excluding diaryl/α,β-unsaturated/α-hetero) is 1. The van der Waals surface area contributed by atoms with E-state index >= 15 is 0 Å². The molecule has 0 aliphatic carbocycles. The molecule has 128 valence electrons. The number of nitrogens with one attached hydrogen (secondary N) is 1. The van der Waals surface area contributed by atoms with E-state index in [0.29, 0.717) is 39.9 Å². The van der Waals surface area contributed by atoms with Gasteiger partial charge in [0.15, 0.2) is 23.4 Å². The van der Waals surface area contributed by atoms with Gasteiger partial charge in [-0.15, -0.1) is 0 Å². The topological polar surface area (TPSA) is 73.9 Å². The maximum Gasteiger partial charge on any atom is 0.265 e. The highest BCUT2D eigenvalue weighted by molar-refractivity contribution is 6.30. The van der Waals surface area contributed by atoms with E-state index in [1.165, 1.54) is 6.92 Å². The number of ketones is 1. The van der Waals surface area contributed by atoms with Crippen LogP contribution in [0.5, 0.6) is 17.2 Å². The number of rotatable bonds is 3. The number of amides is 1. The summed E-state index contributed by atoms with van der Waals surface area (Å²) in [5.74, 6) is 1.09. The zero-order valence-corrected chi connectivity index (χ0v) is 14.1. The Morgan fingerprint density at radius 1 is 1.12 bits per heavy atom. The third-order valence-electron chi connectivity index (χ3n) is 4.14. The third-order valence-corrected chi connectivity index (χ3v) is 4.37. The zero-order valence-electron chi connectivity index (χ0n) is 13.3. The molecule has 6 nitrogen and oxygen atoms in total. The van der Waals surface area contributed by atoms with Gasteiger partial charge in [-0.3, -0.25) is 9.59 Å². The summed E-state index contributed by atoms with van der Waals surface area (Å²) in [5, 5.41) is 3.36. The molecule has 4 rings (SSSR count). The molecule has 2 aromatic rings. The van der Waals surface area contributed by atoms with E-state index in [2.05, 4.69) is 5.32 Å². The first-order valence-electron chi connectivity index (χ1n) is 7.72. The van der Waals surface area contributed by atoms with Gasteiger partial charge in [-0.05, 0) is 36.8 Å². The van der Waals surface area contributed by atoms with Crippen molar-refractivity contribution >= 4 is 29.0 Å². The van der Waals surface area contributed by atoms with Gasteiger partial charge in [0.2, 0.25) is 6.79 Å². The third kappa shape index (κ3) is 2.89. The number of carbonyl (C=O) groups excluding carboxylic acids is 2. The second-order valence-electron chi connectivity index (χ2n) is 5.86. The van der Waals surface area contributed by atoms with Crippen LogP contribution >= 0.6 is 11.6 Å². The van der Waals surface area contributed by atoms with E-state index in [9.17, 15) is 9.59 Å². The van der Waals surface area contributed by atoms with Crippen molar-refractivity contribution in [2.24, 2.45) is 0 Å². The highest BCUT2D eigenvalue weighted by Crippen LogP contribution is 2.38. The Morgan fingerprint density at radius 2 is 1.88 bits per heavy atom. The lowest BCUT2D eigenvalue weighted by atomic mass is 10.1. The summed E-state index contributed by atoms with van der Waals surface area (Å²) in [6, 6.07) is 8.41. The van der Waals surface area contributed by atoms with Gasteiger partial charge in [0.25, 0.3) is 5.91 Å². The van der Waals surface area contributed by atoms with Crippen LogP contribution in [0.15, 0.2) is 30.3 Å². The second kappa shape index (κ2) is 5.97. The molecule has 1 N–H and O–H groups in total. The minimum Gasteiger partial charge on any atom is -0.480 e. The molecule has 1 unspecified atom stereocenters. The highest BCUT2D eigenvalue weighted by atomic mass is 35.5. The first kappa shape index (κ1) is 15.8. The summed E-state index contributed by atoms with van der Waals surface area (Å²) in [5.41, 5.74) is 1.61. The molecular weight excluding hydrogens is 346 g/mol. The molecule has 25 heavy (non-hydrogen) atoms. The molecule has 0 bridgehead atoms. The van der Waals surface area contributed by atoms with Crippen molar-refractivity contribution in [3.63, 3.8) is 0 Å². The molecule has 2 aromatic carbocycles. The predicted molar refractivity (Wildman–Crippen MR) is 90.8 cm³/mol. The maximum absolute atomic E-state index is 12.6. The number of hydrogen-bond acceptors (Lipinski definition) is 5. The van der Waals surface area contributed by atoms with Crippen LogP contribution in [0.25, 0.3) is 0 Å². The van der Waals surface area contributed by atoms with Crippen molar-refractivity contribution in [2.75, 3.05) is 12.1 Å². The van der Waals surface area contributed by atoms with Crippen molar-refractivity contribution in [1.29, 1.82) is 0 Å². The molecule has 1 atom stereocenters. The Hall–Kier alpha value is -2.73. The van der Waals surface area contributed by atoms with Crippen molar-refractivity contribution in [3.8, 4) is 17.2 Å². The van der Waals surface area contributed by atoms with Gasteiger partial charge >= 0.3 is 0 Å². The van der Waals surface area contributed by atoms with Crippen molar-refractivity contribution in [2.45, 2.75) is 19.4 Å². The highest BCUT2D eigenvalue weighted by Gasteiger charge is 2.30. The van der Waals surface area contributed by atoms with Crippen LogP contribution in [-0.4, -0.2) is 24.6 Å². The van der Waals surface area contributed by atoms with E-state index in [-0.39, 0.29) is 18.5 Å². The summed E-state index contributed by atoms with van der Waals surface area (Å²) < 4.78 is 16.3. The van der Waals surface area contributed by atoms with Gasteiger partial charge in [0.1, 0.15) is 5.75 Å². The number of hydrogen-bond donors (Lipinski definition) is 1. The number of carbonyl (C=O) groups is 2. The molecule has 0 aromatic heterocycles. The fourth-order valence-electron chi connectivity index (χ4n) is 2.91. The molecule has 0 spiro atoms. The van der Waals surface area contributed by atoms with Gasteiger partial charge < -0.3 is 19.5 Å². The fourth-order valence-corrected chi connectivity index (χ4v) is 3.11. The lowest BCUT2D eigenvalue weighted by Crippen LogP contribution is -2.31. The Morgan fingerprint density at radius 3 is 2.64 bits per heavy atom. The van der Waals surface area contributed by atoms with Crippen LogP contribution in [0, 0.1) is 0 Å². The normalized spacial score (nSPS) is 17.0. The van der Waals surface area contributed by atoms with Gasteiger partial charge in [-0.25, -0.2) is 0 Å². The van der Waals surface area contributed by atoms with E-state index in [1.54, 1.807) is 30.3 Å². The Labute approximate surface area is 148 Å². The molecule has 0 saturated heterocycles. The van der Waals surface area contributed by atoms with Gasteiger partial charge in [-0.1, -0.05) is 11.6 Å². The van der Waals surface area contributed by atoms with E-state index in [0.717, 1.165) is 5.56 Å². The standard InChI is InChI=1S/C18H14ClNO5/c1-9(21)12-6-15-16(24-8-23-15)7-13(12)20-18(22)17-5-10-4-11(19)2-3-14(10)25-17/h2-4,6-7,17H,5,8H2,1H3,(H,20,22). The van der Waals surface area contributed by atoms with E-state index < -0.39 is 6.10 Å². The predicted octanol–water partition coefficient (Wildman–Crippen LogP) is 3.21. The fraction of sp³-hybridized carbons (Fsp3) is 0.222. The van der Waals surface area contributed by atoms with Crippen LogP contribution in [-0.2, 0) is 11.2 Å². The maximum atomic E-state index is 12.6. The molecule has 2 heterocycles. The minimum absolute atomic E-state index is 0.0892. The van der Waals surface area contributed by atoms with Crippen molar-refractivity contribution in [3.05, 3.63) is 46.5 Å². The lowest BCUT2D eigenvalue weighted by molar-refractivity contribution is -0.122. The number of halogens is 1. The second-order valence-corrected chi connectivity index (χ2v) is 6.30. The Balaban J connectivity index is 1.57. The van der Waals surface area contributed by atoms with Crippen LogP contribution in [0.1, 0.15) is 22.8 Å². The molecule has 0 fully saturated rings. The van der Waals surface area contributed by atoms with Crippen LogP contribution in [0.3, 0.4) is 0 Å². The van der Waals surface area contributed by atoms with Gasteiger partial charge in [0.05, 0.1) is 5.69 Å². The average molecular weight is 360 g/mol. The summed E-state index contributed by atoms with van der Waals surface area (Å²) in [4.78, 5) is 24.5. The summed E-state index contributed by atoms with van der Waals surface area (Å²) in [7, 11) is 0. The number of ether oxygens (including phenoxy) is 3. The summed E-state index contributed by atoms with van der Waals surface area (Å²) in [6.07, 6.45) is -0.263. The molecule has 7 heteroatoms. The quantitative estimate of drug-likeness (QED) is 0.852. The Kier molecular flexibility index (Phi) is 3.77. The van der Waals surface area contributed by atoms with Crippen LogP contribution < -0.4 is 19.5 Å². The van der Waals surface area contributed by atoms with E-state index in [1.807, 2.05) is 0 Å². The summed E-state index contributed by atoms with van der Waals surface area (Å²) in [6.45, 7) is 1.52. The molecule has 0 saturated carbocycles. The molecular formula is C18H14ClNO5. The largest absolute Gasteiger partial charge is 0.480 e. The van der Waals surface area contributed by atoms with Crippen LogP contribution in [0.2, 0.25) is 5.02 Å². The van der Waals surface area contributed by atoms with Crippen molar-refractivity contribution in [1.82, 2.24) is 0 Å². The first-order valence-corrected chi connectivity index (χ1v) is 8.09. The molecule has 2 aliphatic heterocycles. The minimum atomic E-state index is -0.682. The monoisotopic (exact) mass is 359 g/mol. The van der Waals surface area contributed by atoms with Crippen LogP contribution in [0.4, 0.5) is 5.69 Å². The van der Waals surface area contributed by atoms with Crippen molar-refractivity contribution < 1.29 is 23.8 Å². The summed E-state index contributed by atoms with van der Waals surface area (Å²) >= 11 is 5.97.